The largest absolute Gasteiger partial charge is 0.484 e. The van der Waals surface area contributed by atoms with Gasteiger partial charge in [0.2, 0.25) is 5.91 Å². The van der Waals surface area contributed by atoms with Gasteiger partial charge in [-0.1, -0.05) is 6.07 Å². The molecule has 1 unspecified atom stereocenters. The molecule has 1 atom stereocenters. The first-order chi connectivity index (χ1) is 12.5. The molecule has 0 saturated carbocycles. The third kappa shape index (κ3) is 4.32. The molecule has 0 aromatic heterocycles. The van der Waals surface area contributed by atoms with E-state index >= 15 is 0 Å². The number of carbonyl (C=O) groups excluding carboxylic acids is 2. The first-order valence-corrected chi connectivity index (χ1v) is 8.67. The highest BCUT2D eigenvalue weighted by Crippen LogP contribution is 2.25. The van der Waals surface area contributed by atoms with Gasteiger partial charge in [-0.05, 0) is 18.6 Å². The molecular weight excluding hydrogens is 340 g/mol. The maximum absolute atomic E-state index is 12.4. The number of carboxylic acid groups (broad SMARTS) is 1. The number of anilines is 1. The Morgan fingerprint density at radius 2 is 2.15 bits per heavy atom. The second kappa shape index (κ2) is 8.18. The fraction of sp³-hybridized carbons (Fsp3) is 0.500. The fourth-order valence-electron chi connectivity index (χ4n) is 3.24. The summed E-state index contributed by atoms with van der Waals surface area (Å²) in [6.45, 7) is 1.45. The van der Waals surface area contributed by atoms with Gasteiger partial charge < -0.3 is 24.4 Å². The van der Waals surface area contributed by atoms with Crippen molar-refractivity contribution >= 4 is 23.5 Å². The van der Waals surface area contributed by atoms with E-state index in [4.69, 9.17) is 14.6 Å². The minimum Gasteiger partial charge on any atom is -0.484 e. The molecule has 0 bridgehead atoms. The van der Waals surface area contributed by atoms with Crippen molar-refractivity contribution in [2.24, 2.45) is 0 Å². The predicted octanol–water partition coefficient (Wildman–Crippen LogP) is 0.894. The van der Waals surface area contributed by atoms with Gasteiger partial charge >= 0.3 is 5.97 Å². The van der Waals surface area contributed by atoms with Crippen molar-refractivity contribution in [2.45, 2.75) is 25.3 Å². The summed E-state index contributed by atoms with van der Waals surface area (Å²) in [5.41, 5.74) is 0.757. The number of nitrogens with zero attached hydrogens (tertiary/aromatic N) is 2. The van der Waals surface area contributed by atoms with Crippen LogP contribution in [-0.4, -0.2) is 66.7 Å². The average molecular weight is 362 g/mol. The zero-order chi connectivity index (χ0) is 18.5. The summed E-state index contributed by atoms with van der Waals surface area (Å²) in [5.74, 6) is -0.661. The van der Waals surface area contributed by atoms with E-state index in [1.807, 2.05) is 6.07 Å². The van der Waals surface area contributed by atoms with Crippen molar-refractivity contribution < 1.29 is 29.0 Å². The van der Waals surface area contributed by atoms with E-state index in [1.165, 1.54) is 4.90 Å². The topological polar surface area (TPSA) is 96.4 Å². The maximum Gasteiger partial charge on any atom is 0.305 e. The first kappa shape index (κ1) is 18.2. The molecule has 2 amide bonds. The molecule has 8 heteroatoms. The van der Waals surface area contributed by atoms with E-state index in [2.05, 4.69) is 0 Å². The molecule has 3 rings (SSSR count). The summed E-state index contributed by atoms with van der Waals surface area (Å²) in [4.78, 5) is 38.5. The van der Waals surface area contributed by atoms with Crippen molar-refractivity contribution in [3.8, 4) is 5.75 Å². The Bertz CT molecular complexity index is 692. The number of benzene rings is 1. The van der Waals surface area contributed by atoms with Crippen LogP contribution in [0.1, 0.15) is 19.3 Å². The van der Waals surface area contributed by atoms with Gasteiger partial charge in [-0.2, -0.15) is 0 Å². The molecule has 1 N–H and O–H groups in total. The van der Waals surface area contributed by atoms with Crippen molar-refractivity contribution in [3.05, 3.63) is 24.3 Å². The molecular formula is C18H22N2O6. The van der Waals surface area contributed by atoms with E-state index in [0.717, 1.165) is 12.1 Å². The van der Waals surface area contributed by atoms with Crippen molar-refractivity contribution in [1.29, 1.82) is 0 Å². The van der Waals surface area contributed by atoms with Crippen LogP contribution in [0, 0.1) is 0 Å². The zero-order valence-corrected chi connectivity index (χ0v) is 14.4. The van der Waals surface area contributed by atoms with Crippen LogP contribution in [0.5, 0.6) is 5.75 Å². The average Bonchev–Trinajstić information content (AvgIpc) is 3.06. The summed E-state index contributed by atoms with van der Waals surface area (Å²) in [7, 11) is 0. The van der Waals surface area contributed by atoms with Crippen molar-refractivity contribution in [3.63, 3.8) is 0 Å². The first-order valence-electron chi connectivity index (χ1n) is 8.67. The number of ether oxygens (including phenoxy) is 2. The van der Waals surface area contributed by atoms with Crippen LogP contribution in [-0.2, 0) is 19.1 Å². The molecule has 2 fully saturated rings. The highest BCUT2D eigenvalue weighted by atomic mass is 16.5. The lowest BCUT2D eigenvalue weighted by molar-refractivity contribution is -0.147. The Morgan fingerprint density at radius 1 is 1.31 bits per heavy atom. The SMILES string of the molecule is O=C(O)CC1COCCN1C(=O)COc1cccc(N2CCCC2=O)c1. The van der Waals surface area contributed by atoms with Crippen LogP contribution < -0.4 is 9.64 Å². The highest BCUT2D eigenvalue weighted by Gasteiger charge is 2.29. The Balaban J connectivity index is 1.60. The molecule has 2 aliphatic heterocycles. The van der Waals surface area contributed by atoms with Gasteiger partial charge in [-0.15, -0.1) is 0 Å². The summed E-state index contributed by atoms with van der Waals surface area (Å²) in [6, 6.07) is 6.60. The summed E-state index contributed by atoms with van der Waals surface area (Å²) in [5, 5.41) is 8.97. The van der Waals surface area contributed by atoms with Crippen molar-refractivity contribution in [1.82, 2.24) is 4.90 Å². The summed E-state index contributed by atoms with van der Waals surface area (Å²) in [6.07, 6.45) is 1.23. The monoisotopic (exact) mass is 362 g/mol. The van der Waals surface area contributed by atoms with Crippen LogP contribution >= 0.6 is 0 Å². The molecule has 2 aliphatic rings. The van der Waals surface area contributed by atoms with Gasteiger partial charge in [-0.25, -0.2) is 0 Å². The lowest BCUT2D eigenvalue weighted by Crippen LogP contribution is -2.51. The standard InChI is InChI=1S/C18H22N2O6/c21-16-5-2-6-19(16)13-3-1-4-15(9-13)26-12-17(22)20-7-8-25-11-14(20)10-18(23)24/h1,3-4,9,14H,2,5-8,10-12H2,(H,23,24). The van der Waals surface area contributed by atoms with E-state index in [0.29, 0.717) is 31.9 Å². The Labute approximate surface area is 151 Å². The van der Waals surface area contributed by atoms with Crippen LogP contribution in [0.25, 0.3) is 0 Å². The molecule has 26 heavy (non-hydrogen) atoms. The highest BCUT2D eigenvalue weighted by molar-refractivity contribution is 5.95. The minimum atomic E-state index is -0.970. The van der Waals surface area contributed by atoms with Crippen LogP contribution in [0.15, 0.2) is 24.3 Å². The van der Waals surface area contributed by atoms with E-state index < -0.39 is 12.0 Å². The Morgan fingerprint density at radius 3 is 2.88 bits per heavy atom. The molecule has 140 valence electrons. The second-order valence-corrected chi connectivity index (χ2v) is 6.35. The van der Waals surface area contributed by atoms with E-state index in [1.54, 1.807) is 23.1 Å². The summed E-state index contributed by atoms with van der Waals surface area (Å²) >= 11 is 0. The number of rotatable bonds is 6. The third-order valence-electron chi connectivity index (χ3n) is 4.52. The lowest BCUT2D eigenvalue weighted by Gasteiger charge is -2.34. The molecule has 2 heterocycles. The normalized spacial score (nSPS) is 20.3. The Kier molecular flexibility index (Phi) is 5.72. The van der Waals surface area contributed by atoms with Gasteiger partial charge in [0, 0.05) is 31.3 Å². The number of amides is 2. The molecule has 0 radical (unpaired) electrons. The quantitative estimate of drug-likeness (QED) is 0.807. The number of morpholine rings is 1. The number of aliphatic carboxylic acids is 1. The van der Waals surface area contributed by atoms with Gasteiger partial charge in [-0.3, -0.25) is 14.4 Å². The number of hydrogen-bond acceptors (Lipinski definition) is 5. The van der Waals surface area contributed by atoms with Gasteiger partial charge in [0.15, 0.2) is 6.61 Å². The van der Waals surface area contributed by atoms with Crippen LogP contribution in [0.4, 0.5) is 5.69 Å². The zero-order valence-electron chi connectivity index (χ0n) is 14.4. The van der Waals surface area contributed by atoms with Gasteiger partial charge in [0.1, 0.15) is 5.75 Å². The minimum absolute atomic E-state index is 0.0862. The molecule has 0 spiro atoms. The Hall–Kier alpha value is -2.61. The predicted molar refractivity (Wildman–Crippen MR) is 92.1 cm³/mol. The van der Waals surface area contributed by atoms with E-state index in [-0.39, 0.29) is 31.4 Å². The molecule has 2 saturated heterocycles. The van der Waals surface area contributed by atoms with E-state index in [9.17, 15) is 14.4 Å². The fourth-order valence-corrected chi connectivity index (χ4v) is 3.24. The molecule has 8 nitrogen and oxygen atoms in total. The molecule has 1 aromatic rings. The lowest BCUT2D eigenvalue weighted by atomic mass is 10.1. The van der Waals surface area contributed by atoms with Crippen molar-refractivity contribution in [2.75, 3.05) is 37.8 Å². The van der Waals surface area contributed by atoms with Crippen LogP contribution in [0.3, 0.4) is 0 Å². The summed E-state index contributed by atoms with van der Waals surface area (Å²) < 4.78 is 10.9. The van der Waals surface area contributed by atoms with Crippen LogP contribution in [0.2, 0.25) is 0 Å². The third-order valence-corrected chi connectivity index (χ3v) is 4.52. The maximum atomic E-state index is 12.4. The van der Waals surface area contributed by atoms with Gasteiger partial charge in [0.05, 0.1) is 25.7 Å². The smallest absolute Gasteiger partial charge is 0.305 e. The molecule has 1 aromatic carbocycles. The number of carbonyl (C=O) groups is 3. The second-order valence-electron chi connectivity index (χ2n) is 6.35. The number of hydrogen-bond donors (Lipinski definition) is 1. The number of carboxylic acids is 1. The van der Waals surface area contributed by atoms with Gasteiger partial charge in [0.25, 0.3) is 5.91 Å². The molecule has 0 aliphatic carbocycles.